The molecule has 2 rings (SSSR count). The number of carbonyl (C=O) groups is 3. The summed E-state index contributed by atoms with van der Waals surface area (Å²) in [6.07, 6.45) is 0. The van der Waals surface area contributed by atoms with E-state index in [0.29, 0.717) is 11.4 Å². The Kier molecular flexibility index (Phi) is 6.34. The van der Waals surface area contributed by atoms with Crippen LogP contribution in [0.5, 0.6) is 0 Å². The van der Waals surface area contributed by atoms with Crippen LogP contribution in [0.15, 0.2) is 36.4 Å². The lowest BCUT2D eigenvalue weighted by molar-refractivity contribution is -0.120. The second-order valence-corrected chi connectivity index (χ2v) is 6.66. The summed E-state index contributed by atoms with van der Waals surface area (Å²) in [5.74, 6) is -0.647. The zero-order chi connectivity index (χ0) is 20.1. The minimum Gasteiger partial charge on any atom is -0.326 e. The van der Waals surface area contributed by atoms with Crippen molar-refractivity contribution in [3.8, 4) is 0 Å². The van der Waals surface area contributed by atoms with Gasteiger partial charge in [-0.05, 0) is 56.2 Å². The number of anilines is 3. The molecule has 2 N–H and O–H groups in total. The van der Waals surface area contributed by atoms with Gasteiger partial charge in [-0.15, -0.1) is 0 Å². The first-order chi connectivity index (χ1) is 12.7. The first-order valence-corrected chi connectivity index (χ1v) is 8.71. The van der Waals surface area contributed by atoms with Crippen LogP contribution in [-0.2, 0) is 14.4 Å². The van der Waals surface area contributed by atoms with E-state index < -0.39 is 0 Å². The van der Waals surface area contributed by atoms with Gasteiger partial charge in [-0.1, -0.05) is 17.7 Å². The van der Waals surface area contributed by atoms with Gasteiger partial charge in [0.15, 0.2) is 0 Å². The van der Waals surface area contributed by atoms with Crippen LogP contribution < -0.4 is 15.5 Å². The maximum atomic E-state index is 12.5. The highest BCUT2D eigenvalue weighted by Crippen LogP contribution is 2.26. The summed E-state index contributed by atoms with van der Waals surface area (Å²) in [4.78, 5) is 37.2. The molecule has 6 nitrogen and oxygen atoms in total. The fourth-order valence-corrected chi connectivity index (χ4v) is 3.13. The molecular formula is C21H25N3O3. The lowest BCUT2D eigenvalue weighted by Gasteiger charge is -2.25. The summed E-state index contributed by atoms with van der Waals surface area (Å²) in [6.45, 7) is 8.68. The number of amides is 3. The smallest absolute Gasteiger partial charge is 0.244 e. The number of aryl methyl sites for hydroxylation is 3. The molecule has 0 heterocycles. The molecule has 142 valence electrons. The molecule has 0 fully saturated rings. The molecule has 2 aromatic rings. The first-order valence-electron chi connectivity index (χ1n) is 8.71. The predicted octanol–water partition coefficient (Wildman–Crippen LogP) is 3.56. The van der Waals surface area contributed by atoms with E-state index in [1.807, 2.05) is 32.9 Å². The number of benzene rings is 2. The molecule has 0 radical (unpaired) electrons. The number of hydrogen-bond donors (Lipinski definition) is 2. The molecule has 0 bridgehead atoms. The molecular weight excluding hydrogens is 342 g/mol. The summed E-state index contributed by atoms with van der Waals surface area (Å²) in [6, 6.07) is 10.8. The summed E-state index contributed by atoms with van der Waals surface area (Å²) >= 11 is 0. The van der Waals surface area contributed by atoms with Crippen molar-refractivity contribution in [3.63, 3.8) is 0 Å². The third kappa shape index (κ3) is 5.41. The van der Waals surface area contributed by atoms with Crippen molar-refractivity contribution in [1.82, 2.24) is 0 Å². The second-order valence-electron chi connectivity index (χ2n) is 6.66. The van der Waals surface area contributed by atoms with E-state index >= 15 is 0 Å². The Labute approximate surface area is 159 Å². The largest absolute Gasteiger partial charge is 0.326 e. The molecule has 3 amide bonds. The van der Waals surface area contributed by atoms with Gasteiger partial charge in [0, 0.05) is 25.2 Å². The molecule has 0 saturated heterocycles. The van der Waals surface area contributed by atoms with Crippen molar-refractivity contribution in [1.29, 1.82) is 0 Å². The summed E-state index contributed by atoms with van der Waals surface area (Å²) in [5, 5.41) is 5.45. The highest BCUT2D eigenvalue weighted by molar-refractivity contribution is 6.02. The van der Waals surface area contributed by atoms with Crippen molar-refractivity contribution in [2.45, 2.75) is 34.6 Å². The van der Waals surface area contributed by atoms with E-state index in [1.165, 1.54) is 18.7 Å². The van der Waals surface area contributed by atoms with E-state index in [2.05, 4.69) is 10.6 Å². The van der Waals surface area contributed by atoms with Crippen molar-refractivity contribution in [2.24, 2.45) is 0 Å². The fraction of sp³-hybridized carbons (Fsp3) is 0.286. The highest BCUT2D eigenvalue weighted by Gasteiger charge is 2.20. The van der Waals surface area contributed by atoms with Gasteiger partial charge >= 0.3 is 0 Å². The van der Waals surface area contributed by atoms with Crippen molar-refractivity contribution in [3.05, 3.63) is 53.1 Å². The van der Waals surface area contributed by atoms with Gasteiger partial charge in [0.2, 0.25) is 17.7 Å². The monoisotopic (exact) mass is 367 g/mol. The zero-order valence-electron chi connectivity index (χ0n) is 16.3. The average Bonchev–Trinajstić information content (AvgIpc) is 2.54. The highest BCUT2D eigenvalue weighted by atomic mass is 16.2. The van der Waals surface area contributed by atoms with Crippen molar-refractivity contribution < 1.29 is 14.4 Å². The molecule has 2 aromatic carbocycles. The van der Waals surface area contributed by atoms with Crippen LogP contribution in [0.25, 0.3) is 0 Å². The van der Waals surface area contributed by atoms with Crippen LogP contribution >= 0.6 is 0 Å². The standard InChI is InChI=1S/C21H25N3O3/c1-13-10-14(2)21(15(3)11-13)24(17(5)26)12-20(27)23-19-8-6-18(7-9-19)22-16(4)25/h6-11H,12H2,1-5H3,(H,22,25)(H,23,27). The van der Waals surface area contributed by atoms with Gasteiger partial charge < -0.3 is 15.5 Å². The van der Waals surface area contributed by atoms with Crippen LogP contribution in [-0.4, -0.2) is 24.3 Å². The molecule has 0 spiro atoms. The quantitative estimate of drug-likeness (QED) is 0.848. The maximum Gasteiger partial charge on any atom is 0.244 e. The molecule has 0 atom stereocenters. The molecule has 27 heavy (non-hydrogen) atoms. The van der Waals surface area contributed by atoms with Crippen molar-refractivity contribution in [2.75, 3.05) is 22.1 Å². The molecule has 6 heteroatoms. The van der Waals surface area contributed by atoms with Crippen LogP contribution in [0.3, 0.4) is 0 Å². The summed E-state index contributed by atoms with van der Waals surface area (Å²) < 4.78 is 0. The van der Waals surface area contributed by atoms with Gasteiger partial charge in [0.1, 0.15) is 6.54 Å². The average molecular weight is 367 g/mol. The van der Waals surface area contributed by atoms with Crippen LogP contribution in [0.1, 0.15) is 30.5 Å². The van der Waals surface area contributed by atoms with Crippen LogP contribution in [0, 0.1) is 20.8 Å². The number of rotatable bonds is 5. The van der Waals surface area contributed by atoms with Gasteiger partial charge in [-0.2, -0.15) is 0 Å². The second kappa shape index (κ2) is 8.49. The minimum atomic E-state index is -0.295. The van der Waals surface area contributed by atoms with E-state index in [4.69, 9.17) is 0 Å². The lowest BCUT2D eigenvalue weighted by Crippen LogP contribution is -2.37. The number of nitrogens with zero attached hydrogens (tertiary/aromatic N) is 1. The van der Waals surface area contributed by atoms with Gasteiger partial charge in [0.25, 0.3) is 0 Å². The first kappa shape index (κ1) is 20.2. The Hall–Kier alpha value is -3.15. The Bertz CT molecular complexity index is 850. The molecule has 0 aliphatic rings. The Balaban J connectivity index is 2.14. The third-order valence-electron chi connectivity index (χ3n) is 4.08. The SMILES string of the molecule is CC(=O)Nc1ccc(NC(=O)CN(C(C)=O)c2c(C)cc(C)cc2C)cc1. The summed E-state index contributed by atoms with van der Waals surface area (Å²) in [7, 11) is 0. The van der Waals surface area contributed by atoms with Crippen LogP contribution in [0.4, 0.5) is 17.1 Å². The van der Waals surface area contributed by atoms with Gasteiger partial charge in [-0.3, -0.25) is 14.4 Å². The molecule has 0 aromatic heterocycles. The summed E-state index contributed by atoms with van der Waals surface area (Å²) in [5.41, 5.74) is 5.03. The zero-order valence-corrected chi connectivity index (χ0v) is 16.3. The Morgan fingerprint density at radius 3 is 1.78 bits per heavy atom. The van der Waals surface area contributed by atoms with Gasteiger partial charge in [0.05, 0.1) is 5.69 Å². The van der Waals surface area contributed by atoms with E-state index in [1.54, 1.807) is 24.3 Å². The Morgan fingerprint density at radius 2 is 1.33 bits per heavy atom. The minimum absolute atomic E-state index is 0.0759. The van der Waals surface area contributed by atoms with Gasteiger partial charge in [-0.25, -0.2) is 0 Å². The molecule has 0 unspecified atom stereocenters. The molecule has 0 aliphatic heterocycles. The third-order valence-corrected chi connectivity index (χ3v) is 4.08. The Morgan fingerprint density at radius 1 is 0.852 bits per heavy atom. The normalized spacial score (nSPS) is 10.3. The number of nitrogens with one attached hydrogen (secondary N) is 2. The van der Waals surface area contributed by atoms with E-state index in [-0.39, 0.29) is 24.3 Å². The fourth-order valence-electron chi connectivity index (χ4n) is 3.13. The van der Waals surface area contributed by atoms with E-state index in [9.17, 15) is 14.4 Å². The molecule has 0 saturated carbocycles. The number of carbonyl (C=O) groups excluding carboxylic acids is 3. The molecule has 0 aliphatic carbocycles. The van der Waals surface area contributed by atoms with Crippen LogP contribution in [0.2, 0.25) is 0 Å². The van der Waals surface area contributed by atoms with E-state index in [0.717, 1.165) is 22.4 Å². The predicted molar refractivity (Wildman–Crippen MR) is 108 cm³/mol. The maximum absolute atomic E-state index is 12.5. The number of hydrogen-bond acceptors (Lipinski definition) is 3. The lowest BCUT2D eigenvalue weighted by atomic mass is 10.0. The topological polar surface area (TPSA) is 78.5 Å². The van der Waals surface area contributed by atoms with Crippen molar-refractivity contribution >= 4 is 34.8 Å².